The zero-order chi connectivity index (χ0) is 30.1. The van der Waals surface area contributed by atoms with Crippen LogP contribution < -0.4 is 4.90 Å². The fourth-order valence-corrected chi connectivity index (χ4v) is 7.21. The van der Waals surface area contributed by atoms with E-state index in [2.05, 4.69) is 157 Å². The van der Waals surface area contributed by atoms with Gasteiger partial charge in [0.25, 0.3) is 0 Å². The molecule has 0 saturated carbocycles. The molecule has 214 valence electrons. The molecule has 1 aliphatic carbocycles. The third kappa shape index (κ3) is 4.01. The first-order valence-electron chi connectivity index (χ1n) is 15.4. The average Bonchev–Trinajstić information content (AvgIpc) is 3.55. The van der Waals surface area contributed by atoms with Gasteiger partial charge in [0.2, 0.25) is 0 Å². The smallest absolute Gasteiger partial charge is 0.136 e. The molecule has 0 unspecified atom stereocenters. The minimum Gasteiger partial charge on any atom is -0.456 e. The number of fused-ring (bicyclic) bond motifs is 7. The second-order valence-electron chi connectivity index (χ2n) is 12.5. The highest BCUT2D eigenvalue weighted by molar-refractivity contribution is 6.11. The van der Waals surface area contributed by atoms with Gasteiger partial charge in [-0.05, 0) is 99.4 Å². The van der Waals surface area contributed by atoms with Crippen LogP contribution in [0.5, 0.6) is 0 Å². The van der Waals surface area contributed by atoms with Crippen LogP contribution in [0.15, 0.2) is 150 Å². The molecule has 0 saturated heterocycles. The minimum atomic E-state index is -0.0421. The monoisotopic (exact) mass is 578 g/mol. The topological polar surface area (TPSA) is 29.3 Å². The van der Waals surface area contributed by atoms with E-state index in [1.807, 2.05) is 12.4 Å². The SMILES string of the molecule is CC1(C)c2ccccc2-c2cc(N(c3ccc(-c4ccccc4)cc3)c3ccc4oc5cc6cnccc6cc5c4c3)ccc21. The van der Waals surface area contributed by atoms with E-state index in [9.17, 15) is 0 Å². The third-order valence-electron chi connectivity index (χ3n) is 9.53. The predicted octanol–water partition coefficient (Wildman–Crippen LogP) is 11.6. The molecule has 0 radical (unpaired) electrons. The van der Waals surface area contributed by atoms with E-state index < -0.39 is 0 Å². The van der Waals surface area contributed by atoms with Crippen molar-refractivity contribution in [2.75, 3.05) is 4.90 Å². The molecule has 1 aliphatic rings. The van der Waals surface area contributed by atoms with Crippen LogP contribution in [0, 0.1) is 0 Å². The Morgan fingerprint density at radius 3 is 2.09 bits per heavy atom. The van der Waals surface area contributed by atoms with E-state index in [4.69, 9.17) is 4.42 Å². The summed E-state index contributed by atoms with van der Waals surface area (Å²) in [6, 6.07) is 48.1. The van der Waals surface area contributed by atoms with Gasteiger partial charge in [0.05, 0.1) is 0 Å². The highest BCUT2D eigenvalue weighted by Crippen LogP contribution is 2.50. The van der Waals surface area contributed by atoms with Gasteiger partial charge in [-0.15, -0.1) is 0 Å². The first-order chi connectivity index (χ1) is 22.0. The summed E-state index contributed by atoms with van der Waals surface area (Å²) < 4.78 is 6.35. The van der Waals surface area contributed by atoms with Gasteiger partial charge < -0.3 is 9.32 Å². The average molecular weight is 579 g/mol. The van der Waals surface area contributed by atoms with Crippen LogP contribution in [0.25, 0.3) is 55.0 Å². The molecule has 3 nitrogen and oxygen atoms in total. The van der Waals surface area contributed by atoms with Crippen molar-refractivity contribution in [3.8, 4) is 22.3 Å². The Kier molecular flexibility index (Phi) is 5.54. The molecule has 0 N–H and O–H groups in total. The van der Waals surface area contributed by atoms with Gasteiger partial charge in [0.15, 0.2) is 0 Å². The number of hydrogen-bond donors (Lipinski definition) is 0. The highest BCUT2D eigenvalue weighted by Gasteiger charge is 2.35. The third-order valence-corrected chi connectivity index (χ3v) is 9.53. The van der Waals surface area contributed by atoms with E-state index in [0.717, 1.165) is 49.8 Å². The molecule has 9 rings (SSSR count). The van der Waals surface area contributed by atoms with Gasteiger partial charge in [-0.2, -0.15) is 0 Å². The lowest BCUT2D eigenvalue weighted by Gasteiger charge is -2.27. The number of benzene rings is 6. The van der Waals surface area contributed by atoms with Gasteiger partial charge in [-0.25, -0.2) is 0 Å². The summed E-state index contributed by atoms with van der Waals surface area (Å²) in [5.41, 5.74) is 12.8. The molecule has 45 heavy (non-hydrogen) atoms. The van der Waals surface area contributed by atoms with Crippen LogP contribution in [-0.4, -0.2) is 4.98 Å². The van der Waals surface area contributed by atoms with E-state index in [1.165, 1.54) is 33.4 Å². The molecule has 0 amide bonds. The molecule has 0 aliphatic heterocycles. The van der Waals surface area contributed by atoms with Crippen LogP contribution in [0.1, 0.15) is 25.0 Å². The van der Waals surface area contributed by atoms with Crippen LogP contribution in [0.2, 0.25) is 0 Å². The lowest BCUT2D eigenvalue weighted by atomic mass is 9.82. The maximum atomic E-state index is 6.35. The first-order valence-corrected chi connectivity index (χ1v) is 15.4. The second-order valence-corrected chi connectivity index (χ2v) is 12.5. The van der Waals surface area contributed by atoms with E-state index in [-0.39, 0.29) is 5.41 Å². The minimum absolute atomic E-state index is 0.0421. The zero-order valence-corrected chi connectivity index (χ0v) is 25.2. The van der Waals surface area contributed by atoms with Crippen molar-refractivity contribution in [1.29, 1.82) is 0 Å². The molecular weight excluding hydrogens is 548 g/mol. The van der Waals surface area contributed by atoms with Crippen molar-refractivity contribution in [3.05, 3.63) is 157 Å². The maximum Gasteiger partial charge on any atom is 0.136 e. The normalized spacial score (nSPS) is 13.3. The van der Waals surface area contributed by atoms with Crippen molar-refractivity contribution in [1.82, 2.24) is 4.98 Å². The molecule has 6 aromatic carbocycles. The molecule has 8 aromatic rings. The van der Waals surface area contributed by atoms with E-state index in [0.29, 0.717) is 0 Å². The number of aromatic nitrogens is 1. The number of furan rings is 1. The highest BCUT2D eigenvalue weighted by atomic mass is 16.3. The quantitative estimate of drug-likeness (QED) is 0.208. The summed E-state index contributed by atoms with van der Waals surface area (Å²) >= 11 is 0. The molecular formula is C42H30N2O. The Morgan fingerprint density at radius 2 is 1.22 bits per heavy atom. The number of rotatable bonds is 4. The molecule has 0 spiro atoms. The second kappa shape index (κ2) is 9.67. The molecule has 2 heterocycles. The number of pyridine rings is 1. The van der Waals surface area contributed by atoms with Crippen molar-refractivity contribution in [3.63, 3.8) is 0 Å². The maximum absolute atomic E-state index is 6.35. The van der Waals surface area contributed by atoms with Gasteiger partial charge in [0.1, 0.15) is 11.2 Å². The van der Waals surface area contributed by atoms with Crippen LogP contribution in [0.4, 0.5) is 17.1 Å². The Labute approximate surface area is 262 Å². The van der Waals surface area contributed by atoms with Crippen LogP contribution >= 0.6 is 0 Å². The van der Waals surface area contributed by atoms with E-state index >= 15 is 0 Å². The van der Waals surface area contributed by atoms with Crippen molar-refractivity contribution < 1.29 is 4.42 Å². The number of nitrogens with zero attached hydrogens (tertiary/aromatic N) is 2. The first kappa shape index (κ1) is 25.8. The Morgan fingerprint density at radius 1 is 0.533 bits per heavy atom. The fraction of sp³-hybridized carbons (Fsp3) is 0.0714. The Balaban J connectivity index is 1.24. The predicted molar refractivity (Wildman–Crippen MR) is 187 cm³/mol. The molecule has 2 aromatic heterocycles. The molecule has 0 bridgehead atoms. The number of hydrogen-bond acceptors (Lipinski definition) is 3. The Hall–Kier alpha value is -5.67. The van der Waals surface area contributed by atoms with Crippen molar-refractivity contribution in [2.45, 2.75) is 19.3 Å². The van der Waals surface area contributed by atoms with Gasteiger partial charge in [0, 0.05) is 51.0 Å². The largest absolute Gasteiger partial charge is 0.456 e. The zero-order valence-electron chi connectivity index (χ0n) is 25.2. The summed E-state index contributed by atoms with van der Waals surface area (Å²) in [4.78, 5) is 6.67. The van der Waals surface area contributed by atoms with Gasteiger partial charge in [-0.3, -0.25) is 4.98 Å². The molecule has 3 heteroatoms. The molecule has 0 atom stereocenters. The fourth-order valence-electron chi connectivity index (χ4n) is 7.21. The van der Waals surface area contributed by atoms with Crippen molar-refractivity contribution in [2.24, 2.45) is 0 Å². The van der Waals surface area contributed by atoms with Gasteiger partial charge >= 0.3 is 0 Å². The lowest BCUT2D eigenvalue weighted by molar-refractivity contribution is 0.660. The summed E-state index contributed by atoms with van der Waals surface area (Å²) in [6.45, 7) is 4.66. The van der Waals surface area contributed by atoms with Crippen LogP contribution in [0.3, 0.4) is 0 Å². The lowest BCUT2D eigenvalue weighted by Crippen LogP contribution is -2.15. The van der Waals surface area contributed by atoms with Crippen LogP contribution in [-0.2, 0) is 5.41 Å². The summed E-state index contributed by atoms with van der Waals surface area (Å²) in [6.07, 6.45) is 3.73. The summed E-state index contributed by atoms with van der Waals surface area (Å²) in [5, 5.41) is 4.43. The Bertz CT molecular complexity index is 2400. The summed E-state index contributed by atoms with van der Waals surface area (Å²) in [7, 11) is 0. The summed E-state index contributed by atoms with van der Waals surface area (Å²) in [5.74, 6) is 0. The number of anilines is 3. The van der Waals surface area contributed by atoms with E-state index in [1.54, 1.807) is 0 Å². The van der Waals surface area contributed by atoms with Crippen molar-refractivity contribution >= 4 is 49.8 Å². The standard InChI is InChI=1S/C42H30N2O/c1-42(2)38-11-7-6-10-34(38)35-24-32(16-18-39(35)42)44(31-14-12-28(13-15-31)27-8-4-3-5-9-27)33-17-19-40-37(25-33)36-22-29-20-21-43-26-30(29)23-41(36)45-40/h3-26H,1-2H3. The van der Waals surface area contributed by atoms with Gasteiger partial charge in [-0.1, -0.05) is 86.6 Å². The molecule has 0 fully saturated rings.